The number of anilines is 1. The first-order valence-electron chi connectivity index (χ1n) is 6.93. The third kappa shape index (κ3) is 3.07. The van der Waals surface area contributed by atoms with E-state index in [1.807, 2.05) is 6.92 Å². The fourth-order valence-corrected chi connectivity index (χ4v) is 3.88. The van der Waals surface area contributed by atoms with E-state index >= 15 is 0 Å². The lowest BCUT2D eigenvalue weighted by atomic mass is 10.2. The van der Waals surface area contributed by atoms with E-state index in [2.05, 4.69) is 5.32 Å². The summed E-state index contributed by atoms with van der Waals surface area (Å²) >= 11 is 13.5. The maximum Gasteiger partial charge on any atom is 0.267 e. The van der Waals surface area contributed by atoms with E-state index in [-0.39, 0.29) is 11.7 Å². The molecule has 0 spiro atoms. The van der Waals surface area contributed by atoms with Crippen molar-refractivity contribution in [1.29, 1.82) is 0 Å². The Bertz CT molecular complexity index is 955. The van der Waals surface area contributed by atoms with Crippen molar-refractivity contribution < 1.29 is 13.9 Å². The molecule has 1 aromatic heterocycles. The molecule has 0 fully saturated rings. The topological polar surface area (TPSA) is 38.3 Å². The van der Waals surface area contributed by atoms with Gasteiger partial charge in [-0.3, -0.25) is 4.79 Å². The maximum atomic E-state index is 13.3. The van der Waals surface area contributed by atoms with E-state index in [1.165, 1.54) is 19.2 Å². The van der Waals surface area contributed by atoms with E-state index in [0.717, 1.165) is 16.9 Å². The highest BCUT2D eigenvalue weighted by molar-refractivity contribution is 7.21. The number of carbonyl (C=O) groups excluding carboxylic acids is 1. The summed E-state index contributed by atoms with van der Waals surface area (Å²) in [5.41, 5.74) is 1.29. The number of hydrogen-bond acceptors (Lipinski definition) is 3. The van der Waals surface area contributed by atoms with Gasteiger partial charge in [0.25, 0.3) is 5.91 Å². The molecule has 2 aromatic carbocycles. The lowest BCUT2D eigenvalue weighted by molar-refractivity contribution is 0.103. The van der Waals surface area contributed by atoms with Crippen LogP contribution in [0.2, 0.25) is 10.0 Å². The first kappa shape index (κ1) is 17.0. The van der Waals surface area contributed by atoms with Gasteiger partial charge in [0.1, 0.15) is 16.4 Å². The number of benzene rings is 2. The summed E-state index contributed by atoms with van der Waals surface area (Å²) in [5.74, 6) is -0.314. The summed E-state index contributed by atoms with van der Waals surface area (Å²) in [4.78, 5) is 12.9. The minimum Gasteiger partial charge on any atom is -0.495 e. The molecule has 3 rings (SSSR count). The van der Waals surface area contributed by atoms with Crippen molar-refractivity contribution in [3.05, 3.63) is 56.6 Å². The average molecular weight is 384 g/mol. The Balaban J connectivity index is 1.99. The number of amides is 1. The molecule has 0 saturated heterocycles. The van der Waals surface area contributed by atoms with Crippen LogP contribution in [0.15, 0.2) is 30.3 Å². The van der Waals surface area contributed by atoms with Gasteiger partial charge in [0.2, 0.25) is 0 Å². The molecule has 3 aromatic rings. The lowest BCUT2D eigenvalue weighted by Gasteiger charge is -2.11. The summed E-state index contributed by atoms with van der Waals surface area (Å²) in [7, 11) is 1.49. The zero-order valence-corrected chi connectivity index (χ0v) is 15.1. The van der Waals surface area contributed by atoms with Crippen molar-refractivity contribution >= 4 is 56.2 Å². The fraction of sp³-hybridized carbons (Fsp3) is 0.118. The van der Waals surface area contributed by atoms with Crippen molar-refractivity contribution in [1.82, 2.24) is 0 Å². The molecule has 0 aliphatic rings. The molecular formula is C17H12Cl2FNO2S. The summed E-state index contributed by atoms with van der Waals surface area (Å²) in [6.07, 6.45) is 0. The van der Waals surface area contributed by atoms with Gasteiger partial charge in [-0.1, -0.05) is 23.2 Å². The molecule has 1 heterocycles. The standard InChI is InChI=1S/C17H12Cl2FNO2S/c1-8-5-12(13(23-2)7-11(8)18)21-17(22)16-15(19)10-4-3-9(20)6-14(10)24-16/h3-7H,1-2H3,(H,21,22). The largest absolute Gasteiger partial charge is 0.495 e. The molecule has 0 saturated carbocycles. The van der Waals surface area contributed by atoms with Gasteiger partial charge in [-0.05, 0) is 36.8 Å². The molecule has 0 aliphatic carbocycles. The molecule has 124 valence electrons. The SMILES string of the molecule is COc1cc(Cl)c(C)cc1NC(=O)c1sc2cc(F)ccc2c1Cl. The number of methoxy groups -OCH3 is 1. The second-order valence-corrected chi connectivity index (χ2v) is 6.98. The molecule has 24 heavy (non-hydrogen) atoms. The number of rotatable bonds is 3. The van der Waals surface area contributed by atoms with Gasteiger partial charge in [0, 0.05) is 21.2 Å². The van der Waals surface area contributed by atoms with Crippen LogP contribution >= 0.6 is 34.5 Å². The highest BCUT2D eigenvalue weighted by Gasteiger charge is 2.19. The van der Waals surface area contributed by atoms with Crippen LogP contribution in [0.1, 0.15) is 15.2 Å². The van der Waals surface area contributed by atoms with Gasteiger partial charge >= 0.3 is 0 Å². The van der Waals surface area contributed by atoms with Crippen LogP contribution in [-0.2, 0) is 0 Å². The highest BCUT2D eigenvalue weighted by Crippen LogP contribution is 2.37. The third-order valence-electron chi connectivity index (χ3n) is 3.53. The second-order valence-electron chi connectivity index (χ2n) is 5.14. The second kappa shape index (κ2) is 6.59. The zero-order chi connectivity index (χ0) is 17.4. The summed E-state index contributed by atoms with van der Waals surface area (Å²) < 4.78 is 19.2. The molecule has 1 amide bonds. The quantitative estimate of drug-likeness (QED) is 0.609. The normalized spacial score (nSPS) is 10.9. The van der Waals surface area contributed by atoms with Crippen LogP contribution in [0.5, 0.6) is 5.75 Å². The molecule has 0 radical (unpaired) electrons. The first-order valence-corrected chi connectivity index (χ1v) is 8.51. The van der Waals surface area contributed by atoms with Crippen molar-refractivity contribution in [2.24, 2.45) is 0 Å². The molecule has 0 unspecified atom stereocenters. The van der Waals surface area contributed by atoms with Crippen molar-refractivity contribution in [2.45, 2.75) is 6.92 Å². The van der Waals surface area contributed by atoms with Gasteiger partial charge in [-0.25, -0.2) is 4.39 Å². The molecular weight excluding hydrogens is 372 g/mol. The van der Waals surface area contributed by atoms with E-state index in [1.54, 1.807) is 18.2 Å². The van der Waals surface area contributed by atoms with Crippen molar-refractivity contribution in [3.8, 4) is 5.75 Å². The number of halogens is 3. The summed E-state index contributed by atoms with van der Waals surface area (Å²) in [6.45, 7) is 1.83. The smallest absolute Gasteiger partial charge is 0.267 e. The molecule has 3 nitrogen and oxygen atoms in total. The molecule has 0 atom stereocenters. The average Bonchev–Trinajstić information content (AvgIpc) is 2.87. The minimum atomic E-state index is -0.387. The lowest BCUT2D eigenvalue weighted by Crippen LogP contribution is -2.11. The Morgan fingerprint density at radius 2 is 2.00 bits per heavy atom. The maximum absolute atomic E-state index is 13.3. The first-order chi connectivity index (χ1) is 11.4. The van der Waals surface area contributed by atoms with Crippen LogP contribution in [-0.4, -0.2) is 13.0 Å². The van der Waals surface area contributed by atoms with E-state index < -0.39 is 0 Å². The number of carbonyl (C=O) groups is 1. The number of aryl methyl sites for hydroxylation is 1. The van der Waals surface area contributed by atoms with Gasteiger partial charge in [-0.15, -0.1) is 11.3 Å². The van der Waals surface area contributed by atoms with E-state index in [0.29, 0.717) is 36.4 Å². The Morgan fingerprint density at radius 1 is 1.25 bits per heavy atom. The Hall–Kier alpha value is -1.82. The van der Waals surface area contributed by atoms with E-state index in [9.17, 15) is 9.18 Å². The molecule has 7 heteroatoms. The predicted molar refractivity (Wildman–Crippen MR) is 97.5 cm³/mol. The van der Waals surface area contributed by atoms with Gasteiger partial charge in [0.05, 0.1) is 17.8 Å². The highest BCUT2D eigenvalue weighted by atomic mass is 35.5. The Kier molecular flexibility index (Phi) is 4.67. The number of nitrogens with one attached hydrogen (secondary N) is 1. The number of ether oxygens (including phenoxy) is 1. The minimum absolute atomic E-state index is 0.303. The van der Waals surface area contributed by atoms with Crippen LogP contribution in [0.3, 0.4) is 0 Å². The van der Waals surface area contributed by atoms with Gasteiger partial charge in [0.15, 0.2) is 0 Å². The van der Waals surface area contributed by atoms with Gasteiger partial charge in [-0.2, -0.15) is 0 Å². The monoisotopic (exact) mass is 383 g/mol. The third-order valence-corrected chi connectivity index (χ3v) is 5.59. The molecule has 0 bridgehead atoms. The summed E-state index contributed by atoms with van der Waals surface area (Å²) in [5, 5.41) is 4.26. The Labute approximate surface area is 152 Å². The van der Waals surface area contributed by atoms with Crippen molar-refractivity contribution in [2.75, 3.05) is 12.4 Å². The van der Waals surface area contributed by atoms with Crippen LogP contribution in [0, 0.1) is 12.7 Å². The summed E-state index contributed by atoms with van der Waals surface area (Å²) in [6, 6.07) is 7.59. The predicted octanol–water partition coefficient (Wildman–Crippen LogP) is 5.92. The zero-order valence-electron chi connectivity index (χ0n) is 12.7. The molecule has 0 aliphatic heterocycles. The van der Waals surface area contributed by atoms with E-state index in [4.69, 9.17) is 27.9 Å². The number of thiophene rings is 1. The van der Waals surface area contributed by atoms with Crippen LogP contribution in [0.25, 0.3) is 10.1 Å². The van der Waals surface area contributed by atoms with Crippen LogP contribution < -0.4 is 10.1 Å². The molecule has 1 N–H and O–H groups in total. The van der Waals surface area contributed by atoms with Crippen LogP contribution in [0.4, 0.5) is 10.1 Å². The number of hydrogen-bond donors (Lipinski definition) is 1. The van der Waals surface area contributed by atoms with Gasteiger partial charge < -0.3 is 10.1 Å². The van der Waals surface area contributed by atoms with Crippen molar-refractivity contribution in [3.63, 3.8) is 0 Å². The number of fused-ring (bicyclic) bond motifs is 1. The Morgan fingerprint density at radius 3 is 2.71 bits per heavy atom. The fourth-order valence-electron chi connectivity index (χ4n) is 2.29.